The van der Waals surface area contributed by atoms with E-state index in [1.165, 1.54) is 25.3 Å². The van der Waals surface area contributed by atoms with Crippen molar-refractivity contribution < 1.29 is 18.7 Å². The van der Waals surface area contributed by atoms with Crippen molar-refractivity contribution in [2.45, 2.75) is 18.9 Å². The molecule has 0 aromatic heterocycles. The molecule has 1 heterocycles. The summed E-state index contributed by atoms with van der Waals surface area (Å²) in [5.74, 6) is -1.21. The van der Waals surface area contributed by atoms with Crippen molar-refractivity contribution in [1.82, 2.24) is 10.2 Å². The summed E-state index contributed by atoms with van der Waals surface area (Å²) in [5, 5.41) is 2.95. The standard InChI is InChI=1S/C15H18ClFN2O3/c1-22-9-13(20)18-10-5-7-19(8-6-10)15(21)14-11(16)3-2-4-12(14)17/h2-4,10H,5-9H2,1H3,(H,18,20). The first kappa shape index (κ1) is 16.7. The first-order valence-electron chi connectivity index (χ1n) is 7.04. The van der Waals surface area contributed by atoms with Gasteiger partial charge in [0.25, 0.3) is 5.91 Å². The van der Waals surface area contributed by atoms with Crippen LogP contribution >= 0.6 is 11.6 Å². The molecule has 0 atom stereocenters. The van der Waals surface area contributed by atoms with Crippen LogP contribution in [0.1, 0.15) is 23.2 Å². The Kier molecular flexibility index (Phi) is 5.74. The van der Waals surface area contributed by atoms with Crippen molar-refractivity contribution in [2.75, 3.05) is 26.8 Å². The van der Waals surface area contributed by atoms with E-state index in [0.29, 0.717) is 25.9 Å². The fraction of sp³-hybridized carbons (Fsp3) is 0.467. The average molecular weight is 329 g/mol. The largest absolute Gasteiger partial charge is 0.375 e. The number of ether oxygens (including phenoxy) is 1. The maximum atomic E-state index is 13.8. The van der Waals surface area contributed by atoms with E-state index in [0.717, 1.165) is 0 Å². The van der Waals surface area contributed by atoms with Gasteiger partial charge < -0.3 is 15.0 Å². The molecule has 1 aromatic carbocycles. The molecule has 0 radical (unpaired) electrons. The zero-order valence-electron chi connectivity index (χ0n) is 12.3. The van der Waals surface area contributed by atoms with Crippen LogP contribution in [0.3, 0.4) is 0 Å². The van der Waals surface area contributed by atoms with Gasteiger partial charge >= 0.3 is 0 Å². The first-order valence-corrected chi connectivity index (χ1v) is 7.42. The highest BCUT2D eigenvalue weighted by Gasteiger charge is 2.27. The zero-order chi connectivity index (χ0) is 16.1. The SMILES string of the molecule is COCC(=O)NC1CCN(C(=O)c2c(F)cccc2Cl)CC1. The van der Waals surface area contributed by atoms with E-state index in [9.17, 15) is 14.0 Å². The first-order chi connectivity index (χ1) is 10.5. The van der Waals surface area contributed by atoms with Crippen LogP contribution in [0.25, 0.3) is 0 Å². The minimum atomic E-state index is -0.618. The molecule has 1 saturated heterocycles. The second-order valence-electron chi connectivity index (χ2n) is 5.16. The maximum Gasteiger partial charge on any atom is 0.258 e. The average Bonchev–Trinajstić information content (AvgIpc) is 2.48. The van der Waals surface area contributed by atoms with Crippen LogP contribution in [0.5, 0.6) is 0 Å². The Labute approximate surface area is 133 Å². The summed E-state index contributed by atoms with van der Waals surface area (Å²) in [6.45, 7) is 0.910. The molecule has 22 heavy (non-hydrogen) atoms. The highest BCUT2D eigenvalue weighted by atomic mass is 35.5. The predicted octanol–water partition coefficient (Wildman–Crippen LogP) is 1.85. The van der Waals surface area contributed by atoms with Crippen molar-refractivity contribution in [3.63, 3.8) is 0 Å². The third-order valence-electron chi connectivity index (χ3n) is 3.60. The van der Waals surface area contributed by atoms with Gasteiger partial charge in [-0.3, -0.25) is 9.59 Å². The lowest BCUT2D eigenvalue weighted by molar-refractivity contribution is -0.125. The number of hydrogen-bond donors (Lipinski definition) is 1. The Balaban J connectivity index is 1.94. The zero-order valence-corrected chi connectivity index (χ0v) is 13.0. The van der Waals surface area contributed by atoms with E-state index >= 15 is 0 Å². The molecule has 2 amide bonds. The number of nitrogens with zero attached hydrogens (tertiary/aromatic N) is 1. The van der Waals surface area contributed by atoms with Gasteiger partial charge in [0.2, 0.25) is 5.91 Å². The Bertz CT molecular complexity index is 539. The number of halogens is 2. The lowest BCUT2D eigenvalue weighted by Crippen LogP contribution is -2.47. The Hall–Kier alpha value is -1.66. The third-order valence-corrected chi connectivity index (χ3v) is 3.91. The highest BCUT2D eigenvalue weighted by Crippen LogP contribution is 2.22. The molecule has 1 fully saturated rings. The minimum Gasteiger partial charge on any atom is -0.375 e. The molecule has 5 nitrogen and oxygen atoms in total. The van der Waals surface area contributed by atoms with Crippen molar-refractivity contribution in [2.24, 2.45) is 0 Å². The van der Waals surface area contributed by atoms with Crippen LogP contribution in [0.15, 0.2) is 18.2 Å². The number of likely N-dealkylation sites (tertiary alicyclic amines) is 1. The smallest absolute Gasteiger partial charge is 0.258 e. The van der Waals surface area contributed by atoms with E-state index in [-0.39, 0.29) is 29.1 Å². The van der Waals surface area contributed by atoms with E-state index in [4.69, 9.17) is 16.3 Å². The fourth-order valence-corrected chi connectivity index (χ4v) is 2.73. The maximum absolute atomic E-state index is 13.8. The van der Waals surface area contributed by atoms with E-state index in [1.54, 1.807) is 4.90 Å². The van der Waals surface area contributed by atoms with Gasteiger partial charge in [0.05, 0.1) is 10.6 Å². The normalized spacial score (nSPS) is 15.7. The van der Waals surface area contributed by atoms with Gasteiger partial charge in [0.1, 0.15) is 12.4 Å². The summed E-state index contributed by atoms with van der Waals surface area (Å²) >= 11 is 5.92. The highest BCUT2D eigenvalue weighted by molar-refractivity contribution is 6.33. The fourth-order valence-electron chi connectivity index (χ4n) is 2.49. The number of nitrogens with one attached hydrogen (secondary N) is 1. The van der Waals surface area contributed by atoms with Gasteiger partial charge in [0, 0.05) is 26.2 Å². The van der Waals surface area contributed by atoms with Crippen LogP contribution in [0.2, 0.25) is 5.02 Å². The third kappa shape index (κ3) is 3.96. The lowest BCUT2D eigenvalue weighted by Gasteiger charge is -2.32. The molecule has 0 spiro atoms. The van der Waals surface area contributed by atoms with Gasteiger partial charge in [-0.1, -0.05) is 17.7 Å². The minimum absolute atomic E-state index is 0.00259. The van der Waals surface area contributed by atoms with Crippen LogP contribution in [0, 0.1) is 5.82 Å². The number of hydrogen-bond acceptors (Lipinski definition) is 3. The van der Waals surface area contributed by atoms with Crippen molar-refractivity contribution in [3.05, 3.63) is 34.6 Å². The van der Waals surface area contributed by atoms with Gasteiger partial charge in [-0.15, -0.1) is 0 Å². The molecule has 1 aromatic rings. The number of methoxy groups -OCH3 is 1. The molecule has 0 bridgehead atoms. The number of piperidine rings is 1. The Morgan fingerprint density at radius 3 is 2.68 bits per heavy atom. The number of rotatable bonds is 4. The van der Waals surface area contributed by atoms with Gasteiger partial charge in [-0.25, -0.2) is 4.39 Å². The summed E-state index contributed by atoms with van der Waals surface area (Å²) in [7, 11) is 1.46. The second kappa shape index (κ2) is 7.56. The number of benzene rings is 1. The van der Waals surface area contributed by atoms with Gasteiger partial charge in [-0.05, 0) is 25.0 Å². The molecule has 0 unspecified atom stereocenters. The summed E-state index contributed by atoms with van der Waals surface area (Å²) in [6.07, 6.45) is 1.24. The lowest BCUT2D eigenvalue weighted by atomic mass is 10.0. The van der Waals surface area contributed by atoms with E-state index < -0.39 is 11.7 Å². The molecule has 1 N–H and O–H groups in total. The molecule has 7 heteroatoms. The molecule has 0 aliphatic carbocycles. The Morgan fingerprint density at radius 1 is 1.41 bits per heavy atom. The predicted molar refractivity (Wildman–Crippen MR) is 80.4 cm³/mol. The Morgan fingerprint density at radius 2 is 2.09 bits per heavy atom. The van der Waals surface area contributed by atoms with E-state index in [1.807, 2.05) is 0 Å². The molecule has 1 aliphatic rings. The summed E-state index contributed by atoms with van der Waals surface area (Å²) in [5.41, 5.74) is -0.0916. The van der Waals surface area contributed by atoms with Crippen LogP contribution in [-0.2, 0) is 9.53 Å². The molecule has 0 saturated carbocycles. The topological polar surface area (TPSA) is 58.6 Å². The van der Waals surface area contributed by atoms with Crippen molar-refractivity contribution in [3.8, 4) is 0 Å². The number of carbonyl (C=O) groups excluding carboxylic acids is 2. The summed E-state index contributed by atoms with van der Waals surface area (Å²) < 4.78 is 18.5. The van der Waals surface area contributed by atoms with Crippen molar-refractivity contribution >= 4 is 23.4 Å². The molecule has 1 aliphatic heterocycles. The molecule has 2 rings (SSSR count). The second-order valence-corrected chi connectivity index (χ2v) is 5.57. The monoisotopic (exact) mass is 328 g/mol. The number of carbonyl (C=O) groups is 2. The summed E-state index contributed by atoms with van der Waals surface area (Å²) in [6, 6.07) is 4.18. The van der Waals surface area contributed by atoms with Gasteiger partial charge in [-0.2, -0.15) is 0 Å². The van der Waals surface area contributed by atoms with Crippen molar-refractivity contribution in [1.29, 1.82) is 0 Å². The molecule has 120 valence electrons. The number of amides is 2. The molecular weight excluding hydrogens is 311 g/mol. The van der Waals surface area contributed by atoms with Crippen LogP contribution < -0.4 is 5.32 Å². The van der Waals surface area contributed by atoms with Crippen LogP contribution in [0.4, 0.5) is 4.39 Å². The van der Waals surface area contributed by atoms with Crippen LogP contribution in [-0.4, -0.2) is 49.6 Å². The van der Waals surface area contributed by atoms with Gasteiger partial charge in [0.15, 0.2) is 0 Å². The van der Waals surface area contributed by atoms with E-state index in [2.05, 4.69) is 5.32 Å². The quantitative estimate of drug-likeness (QED) is 0.917. The molecular formula is C15H18ClFN2O3. The summed E-state index contributed by atoms with van der Waals surface area (Å²) in [4.78, 5) is 25.4.